The van der Waals surface area contributed by atoms with Gasteiger partial charge >= 0.3 is 0 Å². The minimum absolute atomic E-state index is 0.241. The minimum Gasteiger partial charge on any atom is -0.496 e. The van der Waals surface area contributed by atoms with Gasteiger partial charge in [-0.3, -0.25) is 4.79 Å². The van der Waals surface area contributed by atoms with Crippen LogP contribution in [0.4, 0.5) is 5.69 Å². The lowest BCUT2D eigenvalue weighted by atomic mass is 10.1. The van der Waals surface area contributed by atoms with E-state index in [0.29, 0.717) is 28.5 Å². The van der Waals surface area contributed by atoms with Crippen LogP contribution in [0.1, 0.15) is 15.9 Å². The summed E-state index contributed by atoms with van der Waals surface area (Å²) < 4.78 is 21.0. The zero-order valence-electron chi connectivity index (χ0n) is 14.4. The zero-order valence-corrected chi connectivity index (χ0v) is 14.4. The number of ether oxygens (including phenoxy) is 4. The second kappa shape index (κ2) is 7.59. The topological polar surface area (TPSA) is 66.0 Å². The van der Waals surface area contributed by atoms with E-state index in [1.807, 2.05) is 6.92 Å². The zero-order chi connectivity index (χ0) is 17.7. The number of anilines is 1. The van der Waals surface area contributed by atoms with Crippen LogP contribution in [0.5, 0.6) is 23.0 Å². The van der Waals surface area contributed by atoms with E-state index in [1.165, 1.54) is 21.3 Å². The van der Waals surface area contributed by atoms with E-state index in [9.17, 15) is 4.79 Å². The number of hydrogen-bond donors (Lipinski definition) is 1. The SMILES string of the molecule is COc1ccc(C(=O)Nc2cc(OC)c(OC)c(OC)c2)cc1C. The van der Waals surface area contributed by atoms with E-state index in [4.69, 9.17) is 18.9 Å². The largest absolute Gasteiger partial charge is 0.496 e. The van der Waals surface area contributed by atoms with E-state index in [1.54, 1.807) is 37.4 Å². The van der Waals surface area contributed by atoms with Gasteiger partial charge in [0, 0.05) is 23.4 Å². The van der Waals surface area contributed by atoms with Gasteiger partial charge in [-0.1, -0.05) is 0 Å². The van der Waals surface area contributed by atoms with Gasteiger partial charge in [0.05, 0.1) is 28.4 Å². The molecule has 2 aromatic rings. The maximum atomic E-state index is 12.5. The highest BCUT2D eigenvalue weighted by atomic mass is 16.5. The van der Waals surface area contributed by atoms with Gasteiger partial charge in [-0.05, 0) is 30.7 Å². The fraction of sp³-hybridized carbons (Fsp3) is 0.278. The van der Waals surface area contributed by atoms with Gasteiger partial charge in [0.25, 0.3) is 5.91 Å². The standard InChI is InChI=1S/C18H21NO5/c1-11-8-12(6-7-14(11)21-2)18(20)19-13-9-15(22-3)17(24-5)16(10-13)23-4/h6-10H,1-5H3,(H,19,20). The van der Waals surface area contributed by atoms with Gasteiger partial charge in [-0.25, -0.2) is 0 Å². The number of carbonyl (C=O) groups is 1. The molecule has 0 fully saturated rings. The molecule has 0 saturated heterocycles. The average Bonchev–Trinajstić information content (AvgIpc) is 2.60. The molecular weight excluding hydrogens is 310 g/mol. The fourth-order valence-electron chi connectivity index (χ4n) is 2.38. The number of benzene rings is 2. The van der Waals surface area contributed by atoms with Crippen LogP contribution in [-0.4, -0.2) is 34.3 Å². The monoisotopic (exact) mass is 331 g/mol. The van der Waals surface area contributed by atoms with Crippen molar-refractivity contribution < 1.29 is 23.7 Å². The van der Waals surface area contributed by atoms with Crippen molar-refractivity contribution in [2.75, 3.05) is 33.8 Å². The Kier molecular flexibility index (Phi) is 5.52. The molecule has 128 valence electrons. The van der Waals surface area contributed by atoms with Crippen LogP contribution >= 0.6 is 0 Å². The third-order valence-electron chi connectivity index (χ3n) is 3.58. The van der Waals surface area contributed by atoms with Gasteiger partial charge in [0.2, 0.25) is 5.75 Å². The summed E-state index contributed by atoms with van der Waals surface area (Å²) in [5, 5.41) is 2.83. The normalized spacial score (nSPS) is 10.0. The molecule has 0 unspecified atom stereocenters. The highest BCUT2D eigenvalue weighted by molar-refractivity contribution is 6.04. The molecule has 0 radical (unpaired) electrons. The molecule has 2 aromatic carbocycles. The maximum absolute atomic E-state index is 12.5. The molecule has 0 aliphatic carbocycles. The van der Waals surface area contributed by atoms with E-state index < -0.39 is 0 Å². The van der Waals surface area contributed by atoms with Crippen LogP contribution in [0.15, 0.2) is 30.3 Å². The number of carbonyl (C=O) groups excluding carboxylic acids is 1. The third-order valence-corrected chi connectivity index (χ3v) is 3.58. The second-order valence-corrected chi connectivity index (χ2v) is 5.05. The summed E-state index contributed by atoms with van der Waals surface area (Å²) in [6.07, 6.45) is 0. The minimum atomic E-state index is -0.241. The van der Waals surface area contributed by atoms with E-state index in [0.717, 1.165) is 11.3 Å². The fourth-order valence-corrected chi connectivity index (χ4v) is 2.38. The summed E-state index contributed by atoms with van der Waals surface area (Å²) in [5.41, 5.74) is 1.96. The van der Waals surface area contributed by atoms with Gasteiger partial charge < -0.3 is 24.3 Å². The number of rotatable bonds is 6. The van der Waals surface area contributed by atoms with Gasteiger partial charge in [-0.2, -0.15) is 0 Å². The van der Waals surface area contributed by atoms with Crippen LogP contribution in [-0.2, 0) is 0 Å². The molecule has 1 N–H and O–H groups in total. The van der Waals surface area contributed by atoms with Crippen molar-refractivity contribution in [1.29, 1.82) is 0 Å². The molecule has 1 amide bonds. The first kappa shape index (κ1) is 17.5. The van der Waals surface area contributed by atoms with Crippen LogP contribution in [0.25, 0.3) is 0 Å². The Bertz CT molecular complexity index is 717. The maximum Gasteiger partial charge on any atom is 0.255 e. The molecule has 2 rings (SSSR count). The quantitative estimate of drug-likeness (QED) is 0.880. The predicted octanol–water partition coefficient (Wildman–Crippen LogP) is 3.28. The van der Waals surface area contributed by atoms with E-state index in [2.05, 4.69) is 5.32 Å². The Morgan fingerprint density at radius 2 is 1.42 bits per heavy atom. The molecule has 0 aliphatic rings. The average molecular weight is 331 g/mol. The Balaban J connectivity index is 2.30. The number of amides is 1. The van der Waals surface area contributed by atoms with E-state index >= 15 is 0 Å². The third kappa shape index (κ3) is 3.53. The van der Waals surface area contributed by atoms with Gasteiger partial charge in [0.1, 0.15) is 5.75 Å². The van der Waals surface area contributed by atoms with Crippen molar-refractivity contribution >= 4 is 11.6 Å². The number of methoxy groups -OCH3 is 4. The first-order valence-electron chi connectivity index (χ1n) is 7.30. The van der Waals surface area contributed by atoms with Gasteiger partial charge in [-0.15, -0.1) is 0 Å². The Morgan fingerprint density at radius 3 is 1.88 bits per heavy atom. The molecule has 0 saturated carbocycles. The number of hydrogen-bond acceptors (Lipinski definition) is 5. The van der Waals surface area contributed by atoms with Crippen molar-refractivity contribution in [3.63, 3.8) is 0 Å². The van der Waals surface area contributed by atoms with E-state index in [-0.39, 0.29) is 5.91 Å². The van der Waals surface area contributed by atoms with Crippen molar-refractivity contribution in [2.24, 2.45) is 0 Å². The van der Waals surface area contributed by atoms with Crippen LogP contribution in [0, 0.1) is 6.92 Å². The summed E-state index contributed by atoms with van der Waals surface area (Å²) in [6, 6.07) is 8.59. The van der Waals surface area contributed by atoms with Gasteiger partial charge in [0.15, 0.2) is 11.5 Å². The predicted molar refractivity (Wildman–Crippen MR) is 91.8 cm³/mol. The lowest BCUT2D eigenvalue weighted by Gasteiger charge is -2.15. The Labute approximate surface area is 141 Å². The van der Waals surface area contributed by atoms with Crippen molar-refractivity contribution in [3.05, 3.63) is 41.5 Å². The first-order chi connectivity index (χ1) is 11.5. The van der Waals surface area contributed by atoms with Crippen LogP contribution in [0.2, 0.25) is 0 Å². The van der Waals surface area contributed by atoms with Crippen LogP contribution < -0.4 is 24.3 Å². The summed E-state index contributed by atoms with van der Waals surface area (Å²) in [6.45, 7) is 1.88. The number of aryl methyl sites for hydroxylation is 1. The smallest absolute Gasteiger partial charge is 0.255 e. The lowest BCUT2D eigenvalue weighted by Crippen LogP contribution is -2.12. The first-order valence-corrected chi connectivity index (χ1v) is 7.30. The Hall–Kier alpha value is -2.89. The molecular formula is C18H21NO5. The summed E-state index contributed by atoms with van der Waals surface area (Å²) in [4.78, 5) is 12.5. The molecule has 24 heavy (non-hydrogen) atoms. The van der Waals surface area contributed by atoms with Crippen molar-refractivity contribution in [3.8, 4) is 23.0 Å². The molecule has 0 aliphatic heterocycles. The lowest BCUT2D eigenvalue weighted by molar-refractivity contribution is 0.102. The molecule has 0 atom stereocenters. The molecule has 6 nitrogen and oxygen atoms in total. The molecule has 6 heteroatoms. The molecule has 0 bridgehead atoms. The Morgan fingerprint density at radius 1 is 0.833 bits per heavy atom. The summed E-state index contributed by atoms with van der Waals surface area (Å²) in [7, 11) is 6.17. The summed E-state index contributed by atoms with van der Waals surface area (Å²) in [5.74, 6) is 1.91. The number of nitrogens with one attached hydrogen (secondary N) is 1. The highest BCUT2D eigenvalue weighted by Gasteiger charge is 2.15. The molecule has 0 spiro atoms. The summed E-state index contributed by atoms with van der Waals surface area (Å²) >= 11 is 0. The highest BCUT2D eigenvalue weighted by Crippen LogP contribution is 2.40. The van der Waals surface area contributed by atoms with Crippen molar-refractivity contribution in [2.45, 2.75) is 6.92 Å². The van der Waals surface area contributed by atoms with Crippen LogP contribution in [0.3, 0.4) is 0 Å². The van der Waals surface area contributed by atoms with Crippen molar-refractivity contribution in [1.82, 2.24) is 0 Å². The molecule has 0 aromatic heterocycles. The second-order valence-electron chi connectivity index (χ2n) is 5.05. The molecule has 0 heterocycles.